The lowest BCUT2D eigenvalue weighted by atomic mass is 9.81. The maximum atomic E-state index is 12.6. The summed E-state index contributed by atoms with van der Waals surface area (Å²) in [5.74, 6) is -0.914. The molecule has 0 saturated heterocycles. The lowest BCUT2D eigenvalue weighted by molar-refractivity contribution is -0.158. The molecule has 0 aromatic rings. The van der Waals surface area contributed by atoms with Crippen molar-refractivity contribution < 1.29 is 32.3 Å². The van der Waals surface area contributed by atoms with E-state index in [4.69, 9.17) is 22.8 Å². The zero-order valence-electron chi connectivity index (χ0n) is 19.5. The molecule has 0 rings (SSSR count). The average molecular weight is 436 g/mol. The van der Waals surface area contributed by atoms with Crippen molar-refractivity contribution in [2.45, 2.75) is 53.0 Å². The summed E-state index contributed by atoms with van der Waals surface area (Å²) in [6, 6.07) is 0.556. The molecule has 1 unspecified atom stereocenters. The van der Waals surface area contributed by atoms with Gasteiger partial charge in [0, 0.05) is 33.9 Å². The largest absolute Gasteiger partial charge is 0.500 e. The molecular weight excluding hydrogens is 394 g/mol. The average Bonchev–Trinajstić information content (AvgIpc) is 2.72. The molecule has 0 spiro atoms. The van der Waals surface area contributed by atoms with Gasteiger partial charge in [0.2, 0.25) is 0 Å². The fraction of sp³-hybridized carbons (Fsp3) is 0.900. The van der Waals surface area contributed by atoms with Crippen molar-refractivity contribution in [2.24, 2.45) is 11.3 Å². The van der Waals surface area contributed by atoms with Gasteiger partial charge in [0.1, 0.15) is 6.61 Å². The molecule has 0 aliphatic carbocycles. The van der Waals surface area contributed by atoms with Crippen LogP contribution in [0.3, 0.4) is 0 Å². The molecular formula is C20H41NO7Si. The molecule has 0 aliphatic heterocycles. The van der Waals surface area contributed by atoms with Crippen LogP contribution in [0.5, 0.6) is 0 Å². The SMILES string of the molecule is CCC(CC(C)(C)C(=O)OCCC[Si](OC)(OC)OC)C(=O)OCCN(C)CC. The summed E-state index contributed by atoms with van der Waals surface area (Å²) in [5.41, 5.74) is -0.780. The van der Waals surface area contributed by atoms with Crippen LogP contribution >= 0.6 is 0 Å². The van der Waals surface area contributed by atoms with Gasteiger partial charge in [-0.1, -0.05) is 13.8 Å². The summed E-state index contributed by atoms with van der Waals surface area (Å²) in [6.45, 7) is 9.77. The van der Waals surface area contributed by atoms with E-state index in [0.717, 1.165) is 6.54 Å². The van der Waals surface area contributed by atoms with Crippen LogP contribution in [0, 0.1) is 11.3 Å². The minimum Gasteiger partial charge on any atom is -0.465 e. The van der Waals surface area contributed by atoms with E-state index in [2.05, 4.69) is 4.90 Å². The smallest absolute Gasteiger partial charge is 0.465 e. The molecule has 9 heteroatoms. The molecule has 29 heavy (non-hydrogen) atoms. The van der Waals surface area contributed by atoms with E-state index >= 15 is 0 Å². The molecule has 0 bridgehead atoms. The summed E-state index contributed by atoms with van der Waals surface area (Å²) in [4.78, 5) is 27.0. The fourth-order valence-electron chi connectivity index (χ4n) is 2.88. The predicted octanol–water partition coefficient (Wildman–Crippen LogP) is 2.74. The Labute approximate surface area is 177 Å². The molecule has 0 radical (unpaired) electrons. The number of esters is 2. The lowest BCUT2D eigenvalue weighted by Gasteiger charge is -2.27. The van der Waals surface area contributed by atoms with Gasteiger partial charge in [0.15, 0.2) is 0 Å². The van der Waals surface area contributed by atoms with Gasteiger partial charge >= 0.3 is 20.7 Å². The molecule has 0 amide bonds. The Morgan fingerprint density at radius 3 is 2.07 bits per heavy atom. The van der Waals surface area contributed by atoms with Gasteiger partial charge in [0.05, 0.1) is 17.9 Å². The van der Waals surface area contributed by atoms with E-state index < -0.39 is 14.2 Å². The quantitative estimate of drug-likeness (QED) is 0.208. The third-order valence-corrected chi connectivity index (χ3v) is 8.02. The van der Waals surface area contributed by atoms with E-state index in [1.54, 1.807) is 35.2 Å². The third kappa shape index (κ3) is 10.0. The van der Waals surface area contributed by atoms with E-state index in [-0.39, 0.29) is 24.5 Å². The second-order valence-electron chi connectivity index (χ2n) is 7.79. The summed E-state index contributed by atoms with van der Waals surface area (Å²) < 4.78 is 26.9. The van der Waals surface area contributed by atoms with Crippen LogP contribution < -0.4 is 0 Å². The molecule has 0 heterocycles. The van der Waals surface area contributed by atoms with Crippen LogP contribution in [0.15, 0.2) is 0 Å². The standard InChI is InChI=1S/C20H41NO7Si/c1-9-17(18(22)27-14-12-21(5)10-2)16-20(3,4)19(23)28-13-11-15-29(24-6,25-7)26-8/h17H,9-16H2,1-8H3. The number of carbonyl (C=O) groups is 2. The summed E-state index contributed by atoms with van der Waals surface area (Å²) in [7, 11) is 3.98. The Morgan fingerprint density at radius 1 is 1.00 bits per heavy atom. The lowest BCUT2D eigenvalue weighted by Crippen LogP contribution is -2.42. The van der Waals surface area contributed by atoms with Gasteiger partial charge in [-0.25, -0.2) is 0 Å². The predicted molar refractivity (Wildman–Crippen MR) is 113 cm³/mol. The van der Waals surface area contributed by atoms with Crippen molar-refractivity contribution in [2.75, 3.05) is 54.7 Å². The number of ether oxygens (including phenoxy) is 2. The molecule has 0 fully saturated rings. The number of carbonyl (C=O) groups excluding carboxylic acids is 2. The number of hydrogen-bond donors (Lipinski definition) is 0. The molecule has 0 N–H and O–H groups in total. The molecule has 0 aliphatic rings. The van der Waals surface area contributed by atoms with Gasteiger partial charge in [-0.15, -0.1) is 0 Å². The topological polar surface area (TPSA) is 83.5 Å². The summed E-state index contributed by atoms with van der Waals surface area (Å²) in [5, 5.41) is 0. The van der Waals surface area contributed by atoms with Gasteiger partial charge in [-0.05, 0) is 46.7 Å². The second-order valence-corrected chi connectivity index (χ2v) is 10.9. The maximum absolute atomic E-state index is 12.6. The van der Waals surface area contributed by atoms with Crippen LogP contribution in [-0.4, -0.2) is 80.3 Å². The molecule has 0 saturated carbocycles. The highest BCUT2D eigenvalue weighted by atomic mass is 28.4. The Morgan fingerprint density at radius 2 is 1.59 bits per heavy atom. The van der Waals surface area contributed by atoms with E-state index in [1.807, 2.05) is 20.9 Å². The molecule has 1 atom stereocenters. The minimum absolute atomic E-state index is 0.248. The van der Waals surface area contributed by atoms with Gasteiger partial charge in [0.25, 0.3) is 0 Å². The third-order valence-electron chi connectivity index (χ3n) is 5.19. The molecule has 172 valence electrons. The molecule has 0 aromatic carbocycles. The highest BCUT2D eigenvalue weighted by molar-refractivity contribution is 6.60. The fourth-order valence-corrected chi connectivity index (χ4v) is 4.57. The normalized spacial score (nSPS) is 13.4. The Bertz CT molecular complexity index is 475. The first-order valence-corrected chi connectivity index (χ1v) is 12.2. The van der Waals surface area contributed by atoms with Crippen LogP contribution in [0.1, 0.15) is 47.0 Å². The van der Waals surface area contributed by atoms with E-state index in [1.165, 1.54) is 0 Å². The van der Waals surface area contributed by atoms with Gasteiger partial charge in [-0.3, -0.25) is 9.59 Å². The van der Waals surface area contributed by atoms with Crippen molar-refractivity contribution in [1.29, 1.82) is 0 Å². The maximum Gasteiger partial charge on any atom is 0.500 e. The van der Waals surface area contributed by atoms with Crippen LogP contribution in [0.2, 0.25) is 6.04 Å². The van der Waals surface area contributed by atoms with Gasteiger partial charge in [-0.2, -0.15) is 0 Å². The molecule has 8 nitrogen and oxygen atoms in total. The monoisotopic (exact) mass is 435 g/mol. The minimum atomic E-state index is -2.66. The second kappa shape index (κ2) is 14.1. The van der Waals surface area contributed by atoms with E-state index in [0.29, 0.717) is 38.5 Å². The first-order chi connectivity index (χ1) is 13.6. The van der Waals surface area contributed by atoms with Crippen molar-refractivity contribution in [1.82, 2.24) is 4.90 Å². The highest BCUT2D eigenvalue weighted by Crippen LogP contribution is 2.30. The number of likely N-dealkylation sites (N-methyl/N-ethyl adjacent to an activating group) is 1. The van der Waals surface area contributed by atoms with Crippen LogP contribution in [0.25, 0.3) is 0 Å². The first-order valence-electron chi connectivity index (χ1n) is 10.3. The summed E-state index contributed by atoms with van der Waals surface area (Å²) in [6.07, 6.45) is 1.58. The van der Waals surface area contributed by atoms with E-state index in [9.17, 15) is 9.59 Å². The number of rotatable bonds is 16. The van der Waals surface area contributed by atoms with Crippen molar-refractivity contribution in [3.8, 4) is 0 Å². The number of hydrogen-bond acceptors (Lipinski definition) is 8. The highest BCUT2D eigenvalue weighted by Gasteiger charge is 2.38. The van der Waals surface area contributed by atoms with Gasteiger partial charge < -0.3 is 27.7 Å². The number of nitrogens with zero attached hydrogens (tertiary/aromatic N) is 1. The zero-order valence-corrected chi connectivity index (χ0v) is 20.5. The van der Waals surface area contributed by atoms with Crippen LogP contribution in [0.4, 0.5) is 0 Å². The zero-order chi connectivity index (χ0) is 22.5. The van der Waals surface area contributed by atoms with Crippen molar-refractivity contribution in [3.63, 3.8) is 0 Å². The Hall–Kier alpha value is -1.00. The Balaban J connectivity index is 4.53. The molecule has 0 aromatic heterocycles. The van der Waals surface area contributed by atoms with Crippen molar-refractivity contribution >= 4 is 20.7 Å². The summed E-state index contributed by atoms with van der Waals surface area (Å²) >= 11 is 0. The Kier molecular flexibility index (Phi) is 13.6. The van der Waals surface area contributed by atoms with Crippen molar-refractivity contribution in [3.05, 3.63) is 0 Å². The first kappa shape index (κ1) is 28.0. The van der Waals surface area contributed by atoms with Crippen LogP contribution in [-0.2, 0) is 32.3 Å².